The van der Waals surface area contributed by atoms with Gasteiger partial charge in [0.1, 0.15) is 11.5 Å². The van der Waals surface area contributed by atoms with Crippen molar-refractivity contribution in [3.05, 3.63) is 108 Å². The van der Waals surface area contributed by atoms with Crippen LogP contribution in [-0.4, -0.2) is 68.7 Å². The second kappa shape index (κ2) is 17.8. The molecule has 3 N–H and O–H groups in total. The number of para-hydroxylation sites is 1. The molecule has 1 aromatic heterocycles. The number of nitrogens with one attached hydrogen (secondary N) is 3. The first-order valence-electron chi connectivity index (χ1n) is 15.4. The van der Waals surface area contributed by atoms with Crippen molar-refractivity contribution in [3.8, 4) is 29.7 Å². The summed E-state index contributed by atoms with van der Waals surface area (Å²) >= 11 is 0. The molecule has 0 bridgehead atoms. The largest absolute Gasteiger partial charge is 0.438 e. The molecule has 0 aliphatic heterocycles. The van der Waals surface area contributed by atoms with Gasteiger partial charge in [0.15, 0.2) is 0 Å². The second-order valence-electron chi connectivity index (χ2n) is 10.3. The third kappa shape index (κ3) is 10.2. The molecule has 1 heterocycles. The van der Waals surface area contributed by atoms with E-state index in [4.69, 9.17) is 30.1 Å². The number of aromatic nitrogens is 2. The van der Waals surface area contributed by atoms with Gasteiger partial charge in [0.25, 0.3) is 5.91 Å². The quantitative estimate of drug-likeness (QED) is 0.0831. The first-order chi connectivity index (χ1) is 24.0. The van der Waals surface area contributed by atoms with E-state index in [-0.39, 0.29) is 17.7 Å². The number of carbonyl (C=O) groups is 2. The van der Waals surface area contributed by atoms with Crippen molar-refractivity contribution in [2.24, 2.45) is 0 Å². The zero-order valence-electron chi connectivity index (χ0n) is 26.8. The molecule has 0 atom stereocenters. The number of amides is 2. The molecule has 0 saturated heterocycles. The van der Waals surface area contributed by atoms with Gasteiger partial charge in [0.05, 0.1) is 38.7 Å². The maximum absolute atomic E-state index is 12.9. The molecule has 5 rings (SSSR count). The van der Waals surface area contributed by atoms with Crippen molar-refractivity contribution in [1.29, 1.82) is 0 Å². The van der Waals surface area contributed by atoms with Gasteiger partial charge in [-0.15, -0.1) is 6.42 Å². The number of terminal acetylenes is 1. The summed E-state index contributed by atoms with van der Waals surface area (Å²) in [6, 6.07) is 26.4. The predicted molar refractivity (Wildman–Crippen MR) is 186 cm³/mol. The minimum Gasteiger partial charge on any atom is -0.438 e. The monoisotopic (exact) mass is 661 g/mol. The van der Waals surface area contributed by atoms with Crippen molar-refractivity contribution >= 4 is 40.1 Å². The van der Waals surface area contributed by atoms with Gasteiger partial charge < -0.3 is 34.3 Å². The fourth-order valence-electron chi connectivity index (χ4n) is 4.62. The highest BCUT2D eigenvalue weighted by Crippen LogP contribution is 2.34. The minimum absolute atomic E-state index is 0.227. The van der Waals surface area contributed by atoms with Crippen LogP contribution in [0.5, 0.6) is 17.4 Å². The Morgan fingerprint density at radius 3 is 2.39 bits per heavy atom. The number of fused-ring (bicyclic) bond motifs is 1. The Bertz CT molecular complexity index is 1910. The number of rotatable bonds is 16. The van der Waals surface area contributed by atoms with Gasteiger partial charge in [-0.2, -0.15) is 4.98 Å². The maximum Gasteiger partial charge on any atom is 0.417 e. The van der Waals surface area contributed by atoms with Crippen LogP contribution in [0.4, 0.5) is 22.1 Å². The summed E-state index contributed by atoms with van der Waals surface area (Å²) in [6.45, 7) is 2.52. The molecule has 0 spiro atoms. The van der Waals surface area contributed by atoms with E-state index in [0.717, 1.165) is 10.8 Å². The van der Waals surface area contributed by atoms with Gasteiger partial charge in [0, 0.05) is 53.5 Å². The molecule has 12 nitrogen and oxygen atoms in total. The topological polar surface area (TPSA) is 142 Å². The Morgan fingerprint density at radius 2 is 1.59 bits per heavy atom. The number of methoxy groups -OCH3 is 1. The number of carbonyl (C=O) groups excluding carboxylic acids is 2. The summed E-state index contributed by atoms with van der Waals surface area (Å²) in [5.74, 6) is 3.70. The number of nitrogens with zero attached hydrogens (tertiary/aromatic N) is 2. The normalized spacial score (nSPS) is 10.6. The summed E-state index contributed by atoms with van der Waals surface area (Å²) < 4.78 is 27.3. The number of ether oxygens (including phenoxy) is 5. The molecule has 0 fully saturated rings. The van der Waals surface area contributed by atoms with Crippen LogP contribution in [-0.2, 0) is 14.2 Å². The highest BCUT2D eigenvalue weighted by Gasteiger charge is 2.14. The highest BCUT2D eigenvalue weighted by atomic mass is 16.6. The van der Waals surface area contributed by atoms with E-state index in [1.165, 1.54) is 0 Å². The Kier molecular flexibility index (Phi) is 12.5. The average molecular weight is 662 g/mol. The molecule has 0 unspecified atom stereocenters. The maximum atomic E-state index is 12.9. The Hall–Kier alpha value is -6.00. The Balaban J connectivity index is 1.22. The number of anilines is 3. The van der Waals surface area contributed by atoms with E-state index < -0.39 is 6.09 Å². The van der Waals surface area contributed by atoms with Gasteiger partial charge >= 0.3 is 6.09 Å². The van der Waals surface area contributed by atoms with Crippen molar-refractivity contribution in [1.82, 2.24) is 15.3 Å². The fraction of sp³-hybridized carbons (Fsp3) is 0.189. The van der Waals surface area contributed by atoms with Crippen molar-refractivity contribution in [2.45, 2.75) is 0 Å². The molecule has 4 aromatic carbocycles. The minimum atomic E-state index is -0.615. The molecule has 49 heavy (non-hydrogen) atoms. The number of hydrogen-bond acceptors (Lipinski definition) is 10. The summed E-state index contributed by atoms with van der Waals surface area (Å²) in [4.78, 5) is 34.2. The number of hydrogen-bond donors (Lipinski definition) is 3. The van der Waals surface area contributed by atoms with Gasteiger partial charge in [-0.25, -0.2) is 9.78 Å². The third-order valence-corrected chi connectivity index (χ3v) is 6.87. The first kappa shape index (κ1) is 34.3. The molecular formula is C37H35N5O7. The van der Waals surface area contributed by atoms with Crippen molar-refractivity contribution in [3.63, 3.8) is 0 Å². The Morgan fingerprint density at radius 1 is 0.837 bits per heavy atom. The SMILES string of the molecule is C#Cc1cc(Nc2nccc(Oc3ccc(NC(=O)Oc4ccccc4)c4ccccc34)n2)cc(C(=O)NCCOCCOCCOC)c1. The molecule has 0 radical (unpaired) electrons. The number of benzene rings is 4. The van der Waals surface area contributed by atoms with E-state index >= 15 is 0 Å². The van der Waals surface area contributed by atoms with Crippen LogP contribution in [0, 0.1) is 12.3 Å². The third-order valence-electron chi connectivity index (χ3n) is 6.87. The molecule has 0 saturated carbocycles. The lowest BCUT2D eigenvalue weighted by atomic mass is 10.1. The van der Waals surface area contributed by atoms with Crippen LogP contribution in [0.15, 0.2) is 97.2 Å². The summed E-state index contributed by atoms with van der Waals surface area (Å²) in [6.07, 6.45) is 6.61. The first-order valence-corrected chi connectivity index (χ1v) is 15.4. The van der Waals surface area contributed by atoms with Crippen LogP contribution in [0.2, 0.25) is 0 Å². The van der Waals surface area contributed by atoms with Gasteiger partial charge in [-0.05, 0) is 42.5 Å². The van der Waals surface area contributed by atoms with Crippen LogP contribution in [0.1, 0.15) is 15.9 Å². The summed E-state index contributed by atoms with van der Waals surface area (Å²) in [5, 5.41) is 10.2. The smallest absolute Gasteiger partial charge is 0.417 e. The van der Waals surface area contributed by atoms with Gasteiger partial charge in [0.2, 0.25) is 11.8 Å². The zero-order valence-corrected chi connectivity index (χ0v) is 26.8. The van der Waals surface area contributed by atoms with Gasteiger partial charge in [-0.1, -0.05) is 48.4 Å². The fourth-order valence-corrected chi connectivity index (χ4v) is 4.62. The molecule has 0 aliphatic carbocycles. The average Bonchev–Trinajstić information content (AvgIpc) is 3.12. The Labute approximate surface area is 283 Å². The van der Waals surface area contributed by atoms with Crippen LogP contribution in [0.3, 0.4) is 0 Å². The lowest BCUT2D eigenvalue weighted by molar-refractivity contribution is 0.0255. The van der Waals surface area contributed by atoms with Crippen molar-refractivity contribution in [2.75, 3.05) is 57.3 Å². The van der Waals surface area contributed by atoms with Crippen LogP contribution < -0.4 is 25.4 Å². The lowest BCUT2D eigenvalue weighted by Crippen LogP contribution is -2.27. The van der Waals surface area contributed by atoms with E-state index in [2.05, 4.69) is 31.8 Å². The molecule has 0 aliphatic rings. The van der Waals surface area contributed by atoms with Crippen LogP contribution >= 0.6 is 0 Å². The lowest BCUT2D eigenvalue weighted by Gasteiger charge is -2.14. The zero-order chi connectivity index (χ0) is 34.3. The molecule has 12 heteroatoms. The van der Waals surface area contributed by atoms with Gasteiger partial charge in [-0.3, -0.25) is 10.1 Å². The molecule has 5 aromatic rings. The predicted octanol–water partition coefficient (Wildman–Crippen LogP) is 6.17. The summed E-state index contributed by atoms with van der Waals surface area (Å²) in [7, 11) is 1.61. The molecular weight excluding hydrogens is 626 g/mol. The summed E-state index contributed by atoms with van der Waals surface area (Å²) in [5.41, 5.74) is 1.93. The van der Waals surface area contributed by atoms with Crippen molar-refractivity contribution < 1.29 is 33.3 Å². The van der Waals surface area contributed by atoms with E-state index in [1.54, 1.807) is 74.0 Å². The van der Waals surface area contributed by atoms with Crippen LogP contribution in [0.25, 0.3) is 10.8 Å². The van der Waals surface area contributed by atoms with E-state index in [9.17, 15) is 9.59 Å². The van der Waals surface area contributed by atoms with E-state index in [1.807, 2.05) is 30.3 Å². The standard InChI is InChI=1S/C37H35N5O7/c1-3-26-23-27(35(43)38-17-18-46-21-22-47-20-19-45-2)25-28(24-26)40-36-39-16-15-34(42-36)49-33-14-13-32(30-11-7-8-12-31(30)33)41-37(44)48-29-9-5-4-6-10-29/h1,4-16,23-25H,17-22H2,2H3,(H,38,43)(H,41,44)(H,39,40,42). The highest BCUT2D eigenvalue weighted by molar-refractivity contribution is 6.03. The van der Waals surface area contributed by atoms with E-state index in [0.29, 0.717) is 73.6 Å². The molecule has 250 valence electrons. The second-order valence-corrected chi connectivity index (χ2v) is 10.3. The molecule has 2 amide bonds.